The Morgan fingerprint density at radius 2 is 1.90 bits per heavy atom. The average molecular weight is 583 g/mol. The highest BCUT2D eigenvalue weighted by Gasteiger charge is 2.54. The summed E-state index contributed by atoms with van der Waals surface area (Å²) in [4.78, 5) is 25.4. The van der Waals surface area contributed by atoms with E-state index in [1.54, 1.807) is 18.4 Å². The Morgan fingerprint density at radius 3 is 2.59 bits per heavy atom. The molecule has 5 saturated carbocycles. The Kier molecular flexibility index (Phi) is 6.97. The first-order valence-electron chi connectivity index (χ1n) is 14.8. The molecule has 0 atom stereocenters. The van der Waals surface area contributed by atoms with E-state index in [4.69, 9.17) is 19.2 Å². The summed E-state index contributed by atoms with van der Waals surface area (Å²) in [5, 5.41) is 7.19. The molecule has 10 heteroatoms. The Labute approximate surface area is 242 Å². The molecule has 0 aliphatic heterocycles. The van der Waals surface area contributed by atoms with E-state index < -0.39 is 12.3 Å². The van der Waals surface area contributed by atoms with Crippen molar-refractivity contribution in [2.75, 3.05) is 18.6 Å². The lowest BCUT2D eigenvalue weighted by Crippen LogP contribution is -2.53. The van der Waals surface area contributed by atoms with E-state index >= 15 is 0 Å². The van der Waals surface area contributed by atoms with Crippen molar-refractivity contribution < 1.29 is 22.8 Å². The minimum absolute atomic E-state index is 0.00904. The molecule has 0 N–H and O–H groups in total. The van der Waals surface area contributed by atoms with Crippen LogP contribution in [0.3, 0.4) is 0 Å². The number of methoxy groups -OCH3 is 1. The van der Waals surface area contributed by atoms with Crippen LogP contribution in [-0.4, -0.2) is 41.1 Å². The molecule has 0 spiro atoms. The lowest BCUT2D eigenvalue weighted by Gasteiger charge is -2.53. The second kappa shape index (κ2) is 10.5. The van der Waals surface area contributed by atoms with Crippen molar-refractivity contribution in [3.05, 3.63) is 46.4 Å². The summed E-state index contributed by atoms with van der Waals surface area (Å²) in [6.07, 6.45) is 6.31. The number of aromatic nitrogens is 3. The number of alkyl halides is 2. The minimum atomic E-state index is -2.37. The highest BCUT2D eigenvalue weighted by molar-refractivity contribution is 7.09. The Hall–Kier alpha value is -2.72. The van der Waals surface area contributed by atoms with Crippen LogP contribution < -0.4 is 4.90 Å². The standard InChI is InChI=1S/C31H36F2N4O3S/c1-39-16-25-34-24(17-41-25)20-3-2-4-23(15-20)37(28(38)22-13-21(14-22)26(32)33)18-30-7-10-31(11-8-30,12-9-30)29-35-27(36-40-29)19-5-6-19/h2-4,15,17,19,21-22,26H,5-14,16,18H2,1H3. The van der Waals surface area contributed by atoms with E-state index in [1.165, 1.54) is 0 Å². The van der Waals surface area contributed by atoms with Crippen molar-refractivity contribution in [3.8, 4) is 11.3 Å². The van der Waals surface area contributed by atoms with E-state index in [0.717, 1.165) is 85.0 Å². The molecule has 8 rings (SSSR count). The zero-order chi connectivity index (χ0) is 28.2. The number of carbonyl (C=O) groups excluding carboxylic acids is 1. The van der Waals surface area contributed by atoms with Crippen LogP contribution in [0.4, 0.5) is 14.5 Å². The van der Waals surface area contributed by atoms with E-state index in [1.807, 2.05) is 34.5 Å². The van der Waals surface area contributed by atoms with Crippen LogP contribution in [-0.2, 0) is 21.6 Å². The summed E-state index contributed by atoms with van der Waals surface area (Å²) >= 11 is 1.55. The van der Waals surface area contributed by atoms with Gasteiger partial charge in [-0.1, -0.05) is 17.3 Å². The van der Waals surface area contributed by atoms with Crippen LogP contribution >= 0.6 is 11.3 Å². The lowest BCUT2D eigenvalue weighted by atomic mass is 9.53. The number of rotatable bonds is 10. The molecule has 0 radical (unpaired) electrons. The minimum Gasteiger partial charge on any atom is -0.378 e. The summed E-state index contributed by atoms with van der Waals surface area (Å²) in [6.45, 7) is 1.06. The van der Waals surface area contributed by atoms with Crippen LogP contribution in [0.2, 0.25) is 0 Å². The lowest BCUT2D eigenvalue weighted by molar-refractivity contribution is -0.129. The van der Waals surface area contributed by atoms with E-state index in [0.29, 0.717) is 19.1 Å². The van der Waals surface area contributed by atoms with E-state index in [-0.39, 0.29) is 35.5 Å². The van der Waals surface area contributed by atoms with Gasteiger partial charge < -0.3 is 14.2 Å². The molecule has 5 fully saturated rings. The van der Waals surface area contributed by atoms with Crippen LogP contribution in [0.15, 0.2) is 34.2 Å². The van der Waals surface area contributed by atoms with Gasteiger partial charge in [-0.05, 0) is 81.8 Å². The summed E-state index contributed by atoms with van der Waals surface area (Å²) in [5.74, 6) is 1.08. The third-order valence-electron chi connectivity index (χ3n) is 10.2. The van der Waals surface area contributed by atoms with Gasteiger partial charge in [0.15, 0.2) is 5.82 Å². The van der Waals surface area contributed by atoms with E-state index in [9.17, 15) is 13.6 Å². The van der Waals surface area contributed by atoms with Crippen LogP contribution in [0.25, 0.3) is 11.3 Å². The molecule has 218 valence electrons. The number of anilines is 1. The van der Waals surface area contributed by atoms with Gasteiger partial charge in [0.1, 0.15) is 5.01 Å². The molecule has 3 aromatic rings. The van der Waals surface area contributed by atoms with Gasteiger partial charge in [-0.15, -0.1) is 11.3 Å². The summed E-state index contributed by atoms with van der Waals surface area (Å²) in [5.41, 5.74) is 2.53. The zero-order valence-corrected chi connectivity index (χ0v) is 24.2. The fourth-order valence-corrected chi connectivity index (χ4v) is 7.94. The van der Waals surface area contributed by atoms with Gasteiger partial charge in [0, 0.05) is 53.5 Å². The predicted molar refractivity (Wildman–Crippen MR) is 151 cm³/mol. The molecule has 1 amide bonds. The fourth-order valence-electron chi connectivity index (χ4n) is 7.17. The molecule has 2 bridgehead atoms. The third kappa shape index (κ3) is 5.11. The van der Waals surface area contributed by atoms with Crippen LogP contribution in [0.5, 0.6) is 0 Å². The summed E-state index contributed by atoms with van der Waals surface area (Å²) in [6, 6.07) is 7.96. The largest absolute Gasteiger partial charge is 0.378 e. The van der Waals surface area contributed by atoms with Crippen molar-refractivity contribution in [2.24, 2.45) is 17.3 Å². The number of hydrogen-bond donors (Lipinski definition) is 0. The van der Waals surface area contributed by atoms with Gasteiger partial charge in [0.25, 0.3) is 0 Å². The topological polar surface area (TPSA) is 81.3 Å². The van der Waals surface area contributed by atoms with Crippen molar-refractivity contribution in [3.63, 3.8) is 0 Å². The first kappa shape index (κ1) is 27.1. The van der Waals surface area contributed by atoms with Gasteiger partial charge >= 0.3 is 0 Å². The summed E-state index contributed by atoms with van der Waals surface area (Å²) < 4.78 is 37.6. The van der Waals surface area contributed by atoms with Crippen molar-refractivity contribution in [1.82, 2.24) is 15.1 Å². The number of fused-ring (bicyclic) bond motifs is 3. The molecular weight excluding hydrogens is 546 g/mol. The number of thiazole rings is 1. The maximum absolute atomic E-state index is 14.0. The van der Waals surface area contributed by atoms with Gasteiger partial charge in [-0.25, -0.2) is 13.8 Å². The van der Waals surface area contributed by atoms with Gasteiger partial charge in [0.05, 0.1) is 12.3 Å². The number of amides is 1. The first-order valence-corrected chi connectivity index (χ1v) is 15.7. The molecular formula is C31H36F2N4O3S. The number of ether oxygens (including phenoxy) is 1. The second-order valence-corrected chi connectivity index (χ2v) is 13.8. The van der Waals surface area contributed by atoms with Crippen LogP contribution in [0, 0.1) is 17.3 Å². The van der Waals surface area contributed by atoms with Gasteiger partial charge in [-0.3, -0.25) is 4.79 Å². The van der Waals surface area contributed by atoms with Crippen LogP contribution in [0.1, 0.15) is 86.8 Å². The molecule has 41 heavy (non-hydrogen) atoms. The quantitative estimate of drug-likeness (QED) is 0.253. The molecule has 2 aromatic heterocycles. The molecule has 5 aliphatic rings. The molecule has 7 nitrogen and oxygen atoms in total. The SMILES string of the molecule is COCc1nc(-c2cccc(N(CC34CCC(c5nc(C6CC6)no5)(CC3)CC4)C(=O)C3CC(C(F)F)C3)c2)cs1. The van der Waals surface area contributed by atoms with Gasteiger partial charge in [-0.2, -0.15) is 4.98 Å². The number of halogens is 2. The molecule has 1 aromatic carbocycles. The molecule has 2 heterocycles. The monoisotopic (exact) mass is 582 g/mol. The second-order valence-electron chi connectivity index (χ2n) is 12.8. The average Bonchev–Trinajstić information content (AvgIpc) is 3.48. The Balaban J connectivity index is 1.13. The fraction of sp³-hybridized carbons (Fsp3) is 0.613. The highest BCUT2D eigenvalue weighted by Crippen LogP contribution is 2.58. The zero-order valence-electron chi connectivity index (χ0n) is 23.4. The molecule has 5 aliphatic carbocycles. The first-order chi connectivity index (χ1) is 19.9. The number of benzene rings is 1. The highest BCUT2D eigenvalue weighted by atomic mass is 32.1. The van der Waals surface area contributed by atoms with Crippen molar-refractivity contribution in [2.45, 2.75) is 88.6 Å². The van der Waals surface area contributed by atoms with Crippen molar-refractivity contribution >= 4 is 22.9 Å². The molecule has 0 saturated heterocycles. The maximum Gasteiger partial charge on any atom is 0.241 e. The maximum atomic E-state index is 14.0. The smallest absolute Gasteiger partial charge is 0.241 e. The summed E-state index contributed by atoms with van der Waals surface area (Å²) in [7, 11) is 1.65. The number of carbonyl (C=O) groups is 1. The van der Waals surface area contributed by atoms with E-state index in [2.05, 4.69) is 5.16 Å². The van der Waals surface area contributed by atoms with Gasteiger partial charge in [0.2, 0.25) is 18.2 Å². The Bertz CT molecular complexity index is 1390. The number of hydrogen-bond acceptors (Lipinski definition) is 7. The number of nitrogens with zero attached hydrogens (tertiary/aromatic N) is 4. The van der Waals surface area contributed by atoms with Crippen molar-refractivity contribution in [1.29, 1.82) is 0 Å². The molecule has 0 unspecified atom stereocenters. The Morgan fingerprint density at radius 1 is 1.15 bits per heavy atom. The normalized spacial score (nSPS) is 29.1. The predicted octanol–water partition coefficient (Wildman–Crippen LogP) is 7.13. The third-order valence-corrected chi connectivity index (χ3v) is 11.0.